The van der Waals surface area contributed by atoms with E-state index in [9.17, 15) is 4.79 Å². The van der Waals surface area contributed by atoms with E-state index < -0.39 is 0 Å². The maximum atomic E-state index is 12.7. The lowest BCUT2D eigenvalue weighted by Gasteiger charge is -2.36. The lowest BCUT2D eigenvalue weighted by Crippen LogP contribution is -2.50. The molecule has 0 bridgehead atoms. The Morgan fingerprint density at radius 2 is 1.68 bits per heavy atom. The van der Waals surface area contributed by atoms with E-state index in [0.717, 1.165) is 17.2 Å². The first-order chi connectivity index (χ1) is 16.5. The van der Waals surface area contributed by atoms with E-state index in [1.165, 1.54) is 11.8 Å². The third-order valence-electron chi connectivity index (χ3n) is 5.52. The molecule has 0 saturated carbocycles. The zero-order chi connectivity index (χ0) is 24.1. The molecule has 0 aliphatic carbocycles. The Kier molecular flexibility index (Phi) is 7.71. The number of nitrogens with zero attached hydrogens (tertiary/aromatic N) is 2. The van der Waals surface area contributed by atoms with Crippen molar-refractivity contribution in [1.29, 1.82) is 5.41 Å². The van der Waals surface area contributed by atoms with Gasteiger partial charge in [-0.25, -0.2) is 10.4 Å². The van der Waals surface area contributed by atoms with Crippen molar-refractivity contribution in [2.24, 2.45) is 10.9 Å². The van der Waals surface area contributed by atoms with Crippen molar-refractivity contribution in [3.8, 4) is 11.5 Å². The average Bonchev–Trinajstić information content (AvgIpc) is 3.21. The largest absolute Gasteiger partial charge is 0.494 e. The van der Waals surface area contributed by atoms with Gasteiger partial charge in [0.1, 0.15) is 23.5 Å². The second kappa shape index (κ2) is 10.9. The van der Waals surface area contributed by atoms with Gasteiger partial charge < -0.3 is 14.8 Å². The van der Waals surface area contributed by atoms with E-state index in [1.807, 2.05) is 74.2 Å². The predicted octanol–water partition coefficient (Wildman–Crippen LogP) is 3.45. The second-order valence-electron chi connectivity index (χ2n) is 7.90. The minimum Gasteiger partial charge on any atom is -0.494 e. The zero-order valence-corrected chi connectivity index (χ0v) is 20.3. The van der Waals surface area contributed by atoms with Crippen LogP contribution >= 0.6 is 11.8 Å². The number of amides is 1. The number of fused-ring (bicyclic) bond motifs is 1. The SMILES string of the molecule is CCOc1ccc(NC(=O)CSC2=NC3NNC(C)C3C(=N)N2c2ccc(OCC)cc2)cc1. The van der Waals surface area contributed by atoms with Gasteiger partial charge in [-0.2, -0.15) is 0 Å². The molecule has 0 spiro atoms. The number of hydrazine groups is 1. The molecule has 0 radical (unpaired) electrons. The highest BCUT2D eigenvalue weighted by Crippen LogP contribution is 2.32. The summed E-state index contributed by atoms with van der Waals surface area (Å²) in [4.78, 5) is 19.3. The van der Waals surface area contributed by atoms with Gasteiger partial charge in [0, 0.05) is 17.4 Å². The molecule has 34 heavy (non-hydrogen) atoms. The number of rotatable bonds is 8. The maximum Gasteiger partial charge on any atom is 0.234 e. The minimum absolute atomic E-state index is 0.0564. The van der Waals surface area contributed by atoms with Crippen LogP contribution in [0.4, 0.5) is 11.4 Å². The number of anilines is 2. The lowest BCUT2D eigenvalue weighted by atomic mass is 9.97. The van der Waals surface area contributed by atoms with Gasteiger partial charge in [-0.15, -0.1) is 0 Å². The molecular weight excluding hydrogens is 452 g/mol. The van der Waals surface area contributed by atoms with Crippen LogP contribution in [0.3, 0.4) is 0 Å². The van der Waals surface area contributed by atoms with Crippen LogP contribution in [0.25, 0.3) is 0 Å². The monoisotopic (exact) mass is 482 g/mol. The topological polar surface area (TPSA) is 111 Å². The summed E-state index contributed by atoms with van der Waals surface area (Å²) in [6.07, 6.45) is -0.252. The molecular formula is C24H30N6O3S. The number of aliphatic imine (C=N–C) groups is 1. The first-order valence-electron chi connectivity index (χ1n) is 11.4. The van der Waals surface area contributed by atoms with Crippen molar-refractivity contribution in [2.75, 3.05) is 29.2 Å². The molecule has 2 aliphatic heterocycles. The van der Waals surface area contributed by atoms with Crippen LogP contribution < -0.4 is 30.5 Å². The summed E-state index contributed by atoms with van der Waals surface area (Å²) in [5.41, 5.74) is 7.85. The molecule has 2 aromatic carbocycles. The molecule has 4 rings (SSSR count). The molecule has 180 valence electrons. The normalized spacial score (nSPS) is 21.6. The molecule has 1 fully saturated rings. The summed E-state index contributed by atoms with van der Waals surface area (Å²) in [7, 11) is 0. The van der Waals surface area contributed by atoms with Crippen LogP contribution in [0.1, 0.15) is 20.8 Å². The van der Waals surface area contributed by atoms with E-state index in [-0.39, 0.29) is 29.8 Å². The van der Waals surface area contributed by atoms with E-state index in [0.29, 0.717) is 29.9 Å². The van der Waals surface area contributed by atoms with Crippen molar-refractivity contribution in [3.63, 3.8) is 0 Å². The fourth-order valence-corrected chi connectivity index (χ4v) is 4.79. The van der Waals surface area contributed by atoms with Crippen molar-refractivity contribution in [1.82, 2.24) is 10.9 Å². The fraction of sp³-hybridized carbons (Fsp3) is 0.375. The number of ether oxygens (including phenoxy) is 2. The molecule has 0 aromatic heterocycles. The molecule has 2 aromatic rings. The van der Waals surface area contributed by atoms with Crippen LogP contribution in [-0.2, 0) is 4.79 Å². The van der Waals surface area contributed by atoms with Gasteiger partial charge in [-0.1, -0.05) is 11.8 Å². The Balaban J connectivity index is 1.48. The first-order valence-corrected chi connectivity index (χ1v) is 12.3. The number of thioether (sulfide) groups is 1. The van der Waals surface area contributed by atoms with Crippen LogP contribution in [0.5, 0.6) is 11.5 Å². The van der Waals surface area contributed by atoms with Crippen molar-refractivity contribution >= 4 is 40.0 Å². The number of carbonyl (C=O) groups excluding carboxylic acids is 1. The number of hydrogen-bond acceptors (Lipinski definition) is 8. The highest BCUT2D eigenvalue weighted by atomic mass is 32.2. The summed E-state index contributed by atoms with van der Waals surface area (Å²) in [5, 5.41) is 12.4. The molecule has 3 unspecified atom stereocenters. The Labute approximate surface area is 203 Å². The molecule has 10 heteroatoms. The van der Waals surface area contributed by atoms with Crippen molar-refractivity contribution < 1.29 is 14.3 Å². The standard InChI is InChI=1S/C24H30N6O3S/c1-4-32-18-10-6-16(7-11-18)26-20(31)14-34-24-27-23-21(15(3)28-29-23)22(25)30(24)17-8-12-19(13-9-17)33-5-2/h6-13,15,21,23,25,28-29H,4-5,14H2,1-3H3,(H,26,31). The number of amidine groups is 2. The molecule has 2 aliphatic rings. The smallest absolute Gasteiger partial charge is 0.234 e. The fourth-order valence-electron chi connectivity index (χ4n) is 3.94. The van der Waals surface area contributed by atoms with Gasteiger partial charge >= 0.3 is 0 Å². The van der Waals surface area contributed by atoms with E-state index in [2.05, 4.69) is 16.2 Å². The van der Waals surface area contributed by atoms with Crippen molar-refractivity contribution in [3.05, 3.63) is 48.5 Å². The Morgan fingerprint density at radius 1 is 1.06 bits per heavy atom. The third kappa shape index (κ3) is 5.35. The third-order valence-corrected chi connectivity index (χ3v) is 6.48. The van der Waals surface area contributed by atoms with Gasteiger partial charge in [0.05, 0.1) is 24.9 Å². The van der Waals surface area contributed by atoms with Crippen LogP contribution in [0.2, 0.25) is 0 Å². The molecule has 3 atom stereocenters. The van der Waals surface area contributed by atoms with Gasteiger partial charge in [0.15, 0.2) is 5.17 Å². The summed E-state index contributed by atoms with van der Waals surface area (Å²) >= 11 is 1.31. The lowest BCUT2D eigenvalue weighted by molar-refractivity contribution is -0.113. The van der Waals surface area contributed by atoms with Gasteiger partial charge in [-0.05, 0) is 69.3 Å². The summed E-state index contributed by atoms with van der Waals surface area (Å²) < 4.78 is 11.0. The predicted molar refractivity (Wildman–Crippen MR) is 137 cm³/mol. The highest BCUT2D eigenvalue weighted by molar-refractivity contribution is 8.14. The molecule has 1 amide bonds. The minimum atomic E-state index is -0.252. The number of hydrogen-bond donors (Lipinski definition) is 4. The molecule has 9 nitrogen and oxygen atoms in total. The van der Waals surface area contributed by atoms with Crippen LogP contribution in [0.15, 0.2) is 53.5 Å². The van der Waals surface area contributed by atoms with Gasteiger partial charge in [0.25, 0.3) is 0 Å². The zero-order valence-electron chi connectivity index (χ0n) is 19.5. The van der Waals surface area contributed by atoms with Crippen LogP contribution in [-0.4, -0.2) is 48.1 Å². The average molecular weight is 483 g/mol. The van der Waals surface area contributed by atoms with E-state index >= 15 is 0 Å². The number of nitrogens with one attached hydrogen (secondary N) is 4. The summed E-state index contributed by atoms with van der Waals surface area (Å²) in [6, 6.07) is 14.9. The Bertz CT molecular complexity index is 1040. The summed E-state index contributed by atoms with van der Waals surface area (Å²) in [5.74, 6) is 1.86. The number of benzene rings is 2. The van der Waals surface area contributed by atoms with E-state index in [4.69, 9.17) is 19.9 Å². The molecule has 2 heterocycles. The first kappa shape index (κ1) is 24.1. The molecule has 4 N–H and O–H groups in total. The van der Waals surface area contributed by atoms with Gasteiger partial charge in [-0.3, -0.25) is 20.5 Å². The van der Waals surface area contributed by atoms with Gasteiger partial charge in [0.2, 0.25) is 5.91 Å². The second-order valence-corrected chi connectivity index (χ2v) is 8.84. The maximum absolute atomic E-state index is 12.7. The van der Waals surface area contributed by atoms with Crippen molar-refractivity contribution in [2.45, 2.75) is 33.0 Å². The molecule has 1 saturated heterocycles. The van der Waals surface area contributed by atoms with Crippen LogP contribution in [0, 0.1) is 11.3 Å². The highest BCUT2D eigenvalue weighted by Gasteiger charge is 2.43. The van der Waals surface area contributed by atoms with E-state index in [1.54, 1.807) is 0 Å². The summed E-state index contributed by atoms with van der Waals surface area (Å²) in [6.45, 7) is 7.08. The Morgan fingerprint density at radius 3 is 2.29 bits per heavy atom. The number of carbonyl (C=O) groups is 1. The Hall–Kier alpha value is -3.08. The quantitative estimate of drug-likeness (QED) is 0.456.